The van der Waals surface area contributed by atoms with Gasteiger partial charge in [0.15, 0.2) is 0 Å². The van der Waals surface area contributed by atoms with Gasteiger partial charge in [-0.3, -0.25) is 4.79 Å². The maximum atomic E-state index is 12.1. The minimum absolute atomic E-state index is 0. The van der Waals surface area contributed by atoms with Crippen LogP contribution in [0.25, 0.3) is 0 Å². The van der Waals surface area contributed by atoms with Crippen molar-refractivity contribution in [3.8, 4) is 0 Å². The molecule has 2 N–H and O–H groups in total. The van der Waals surface area contributed by atoms with E-state index in [0.717, 1.165) is 30.1 Å². The highest BCUT2D eigenvalue weighted by Gasteiger charge is 2.29. The lowest BCUT2D eigenvalue weighted by Gasteiger charge is -2.19. The van der Waals surface area contributed by atoms with Crippen molar-refractivity contribution in [3.63, 3.8) is 0 Å². The van der Waals surface area contributed by atoms with Crippen LogP contribution in [0.1, 0.15) is 36.3 Å². The number of amides is 1. The molecule has 3 atom stereocenters. The van der Waals surface area contributed by atoms with Crippen LogP contribution >= 0.6 is 12.4 Å². The Morgan fingerprint density at radius 2 is 2.24 bits per heavy atom. The summed E-state index contributed by atoms with van der Waals surface area (Å²) in [5, 5.41) is 10.2. The van der Waals surface area contributed by atoms with Gasteiger partial charge in [-0.1, -0.05) is 12.1 Å². The van der Waals surface area contributed by atoms with Gasteiger partial charge in [0.05, 0.1) is 17.8 Å². The van der Waals surface area contributed by atoms with Gasteiger partial charge < -0.3 is 19.9 Å². The molecule has 0 bridgehead atoms. The van der Waals surface area contributed by atoms with Gasteiger partial charge >= 0.3 is 0 Å². The van der Waals surface area contributed by atoms with Crippen molar-refractivity contribution in [3.05, 3.63) is 17.0 Å². The molecule has 1 amide bonds. The molecule has 1 aliphatic heterocycles. The van der Waals surface area contributed by atoms with Crippen LogP contribution in [0.2, 0.25) is 0 Å². The molecule has 0 aliphatic carbocycles. The van der Waals surface area contributed by atoms with E-state index < -0.39 is 0 Å². The van der Waals surface area contributed by atoms with E-state index in [9.17, 15) is 4.79 Å². The summed E-state index contributed by atoms with van der Waals surface area (Å²) < 4.78 is 10.5. The lowest BCUT2D eigenvalue weighted by molar-refractivity contribution is -0.122. The van der Waals surface area contributed by atoms with Crippen LogP contribution in [0.4, 0.5) is 0 Å². The normalized spacial score (nSPS) is 22.7. The molecule has 21 heavy (non-hydrogen) atoms. The number of nitrogens with one attached hydrogen (secondary N) is 2. The number of rotatable bonds is 5. The SMILES string of the molecule is CO[C@H]1CNCC1NC(=O)CC(C)c1c(C)noc1C.Cl. The van der Waals surface area contributed by atoms with E-state index in [1.54, 1.807) is 7.11 Å². The quantitative estimate of drug-likeness (QED) is 0.856. The van der Waals surface area contributed by atoms with E-state index in [2.05, 4.69) is 15.8 Å². The molecule has 120 valence electrons. The number of aryl methyl sites for hydroxylation is 2. The number of aromatic nitrogens is 1. The number of hydrogen-bond donors (Lipinski definition) is 2. The minimum Gasteiger partial charge on any atom is -0.378 e. The van der Waals surface area contributed by atoms with Crippen molar-refractivity contribution in [2.45, 2.75) is 45.3 Å². The van der Waals surface area contributed by atoms with Gasteiger partial charge in [-0.25, -0.2) is 0 Å². The highest BCUT2D eigenvalue weighted by molar-refractivity contribution is 5.85. The second-order valence-corrected chi connectivity index (χ2v) is 5.45. The Kier molecular flexibility index (Phi) is 6.64. The van der Waals surface area contributed by atoms with Gasteiger partial charge in [0.1, 0.15) is 5.76 Å². The summed E-state index contributed by atoms with van der Waals surface area (Å²) in [7, 11) is 1.67. The third-order valence-electron chi connectivity index (χ3n) is 3.88. The molecule has 0 aromatic carbocycles. The molecule has 0 spiro atoms. The first-order valence-corrected chi connectivity index (χ1v) is 6.98. The first-order chi connectivity index (χ1) is 9.52. The number of methoxy groups -OCH3 is 1. The molecule has 0 radical (unpaired) electrons. The largest absolute Gasteiger partial charge is 0.378 e. The molecule has 1 aromatic heterocycles. The third kappa shape index (κ3) is 4.18. The minimum atomic E-state index is 0. The Bertz CT molecular complexity index is 459. The van der Waals surface area contributed by atoms with Gasteiger partial charge in [-0.15, -0.1) is 12.4 Å². The van der Waals surface area contributed by atoms with Gasteiger partial charge in [-0.05, 0) is 19.8 Å². The molecule has 6 nitrogen and oxygen atoms in total. The summed E-state index contributed by atoms with van der Waals surface area (Å²) in [5.41, 5.74) is 1.90. The fourth-order valence-electron chi connectivity index (χ4n) is 2.89. The fourth-order valence-corrected chi connectivity index (χ4v) is 2.89. The van der Waals surface area contributed by atoms with Crippen LogP contribution in [0, 0.1) is 13.8 Å². The maximum Gasteiger partial charge on any atom is 0.220 e. The van der Waals surface area contributed by atoms with Gasteiger partial charge in [-0.2, -0.15) is 0 Å². The summed E-state index contributed by atoms with van der Waals surface area (Å²) in [6.07, 6.45) is 0.476. The van der Waals surface area contributed by atoms with Crippen molar-refractivity contribution >= 4 is 18.3 Å². The number of carbonyl (C=O) groups is 1. The Morgan fingerprint density at radius 3 is 2.81 bits per heavy atom. The molecule has 2 heterocycles. The first-order valence-electron chi connectivity index (χ1n) is 6.98. The third-order valence-corrected chi connectivity index (χ3v) is 3.88. The lowest BCUT2D eigenvalue weighted by Crippen LogP contribution is -2.43. The Labute approximate surface area is 131 Å². The van der Waals surface area contributed by atoms with Gasteiger partial charge in [0.2, 0.25) is 5.91 Å². The zero-order valence-electron chi connectivity index (χ0n) is 12.9. The van der Waals surface area contributed by atoms with Crippen LogP contribution in [0.5, 0.6) is 0 Å². The van der Waals surface area contributed by atoms with Crippen molar-refractivity contribution in [2.75, 3.05) is 20.2 Å². The number of ether oxygens (including phenoxy) is 1. The average molecular weight is 318 g/mol. The lowest BCUT2D eigenvalue weighted by atomic mass is 9.95. The highest BCUT2D eigenvalue weighted by atomic mass is 35.5. The fraction of sp³-hybridized carbons (Fsp3) is 0.714. The highest BCUT2D eigenvalue weighted by Crippen LogP contribution is 2.25. The molecule has 2 rings (SSSR count). The molecule has 1 fully saturated rings. The van der Waals surface area contributed by atoms with E-state index in [1.807, 2.05) is 20.8 Å². The molecule has 7 heteroatoms. The molecular weight excluding hydrogens is 294 g/mol. The number of nitrogens with zero attached hydrogens (tertiary/aromatic N) is 1. The molecular formula is C14H24ClN3O3. The predicted molar refractivity (Wildman–Crippen MR) is 81.9 cm³/mol. The van der Waals surface area contributed by atoms with E-state index in [1.165, 1.54) is 0 Å². The topological polar surface area (TPSA) is 76.4 Å². The zero-order valence-corrected chi connectivity index (χ0v) is 13.8. The van der Waals surface area contributed by atoms with E-state index in [4.69, 9.17) is 9.26 Å². The molecule has 1 aliphatic rings. The van der Waals surface area contributed by atoms with Crippen LogP contribution in [0.3, 0.4) is 0 Å². The Hall–Kier alpha value is -1.11. The molecule has 1 saturated heterocycles. The van der Waals surface area contributed by atoms with E-state index in [0.29, 0.717) is 6.42 Å². The van der Waals surface area contributed by atoms with Gasteiger partial charge in [0, 0.05) is 32.2 Å². The van der Waals surface area contributed by atoms with Crippen molar-refractivity contribution in [1.82, 2.24) is 15.8 Å². The Morgan fingerprint density at radius 1 is 1.52 bits per heavy atom. The summed E-state index contributed by atoms with van der Waals surface area (Å²) in [6, 6.07) is 0.0457. The average Bonchev–Trinajstić information content (AvgIpc) is 2.96. The Balaban J connectivity index is 0.00000220. The first kappa shape index (κ1) is 17.9. The van der Waals surface area contributed by atoms with Crippen molar-refractivity contribution < 1.29 is 14.1 Å². The summed E-state index contributed by atoms with van der Waals surface area (Å²) in [5.74, 6) is 0.921. The van der Waals surface area contributed by atoms with Crippen LogP contribution in [-0.4, -0.2) is 43.4 Å². The summed E-state index contributed by atoms with van der Waals surface area (Å²) in [6.45, 7) is 7.34. The summed E-state index contributed by atoms with van der Waals surface area (Å²) >= 11 is 0. The van der Waals surface area contributed by atoms with E-state index in [-0.39, 0.29) is 36.4 Å². The standard InChI is InChI=1S/C14H23N3O3.ClH/c1-8(14-9(2)17-20-10(14)3)5-13(18)16-11-6-15-7-12(11)19-4;/h8,11-12,15H,5-7H2,1-4H3,(H,16,18);1H/t8?,11?,12-;/m0./s1. The molecule has 0 saturated carbocycles. The second kappa shape index (κ2) is 7.77. The van der Waals surface area contributed by atoms with Crippen LogP contribution < -0.4 is 10.6 Å². The number of carbonyl (C=O) groups excluding carboxylic acids is 1. The molecule has 1 aromatic rings. The smallest absolute Gasteiger partial charge is 0.220 e. The van der Waals surface area contributed by atoms with Crippen LogP contribution in [-0.2, 0) is 9.53 Å². The monoisotopic (exact) mass is 317 g/mol. The van der Waals surface area contributed by atoms with Gasteiger partial charge in [0.25, 0.3) is 0 Å². The van der Waals surface area contributed by atoms with E-state index >= 15 is 0 Å². The molecule has 2 unspecified atom stereocenters. The summed E-state index contributed by atoms with van der Waals surface area (Å²) in [4.78, 5) is 12.1. The van der Waals surface area contributed by atoms with Crippen LogP contribution in [0.15, 0.2) is 4.52 Å². The number of halogens is 1. The zero-order chi connectivity index (χ0) is 14.7. The van der Waals surface area contributed by atoms with Crippen molar-refractivity contribution in [2.24, 2.45) is 0 Å². The predicted octanol–water partition coefficient (Wildman–Crippen LogP) is 1.31. The number of hydrogen-bond acceptors (Lipinski definition) is 5. The van der Waals surface area contributed by atoms with Crippen molar-refractivity contribution in [1.29, 1.82) is 0 Å². The second-order valence-electron chi connectivity index (χ2n) is 5.45. The maximum absolute atomic E-state index is 12.1.